The van der Waals surface area contributed by atoms with Crippen molar-refractivity contribution in [2.24, 2.45) is 0 Å². The fourth-order valence-electron chi connectivity index (χ4n) is 2.30. The van der Waals surface area contributed by atoms with Gasteiger partial charge >= 0.3 is 0 Å². The van der Waals surface area contributed by atoms with Gasteiger partial charge in [0.25, 0.3) is 11.5 Å². The Labute approximate surface area is 153 Å². The van der Waals surface area contributed by atoms with Crippen molar-refractivity contribution in [2.75, 3.05) is 5.32 Å². The van der Waals surface area contributed by atoms with Gasteiger partial charge in [0.2, 0.25) is 0 Å². The van der Waals surface area contributed by atoms with Crippen molar-refractivity contribution in [1.29, 1.82) is 0 Å². The molecule has 0 unspecified atom stereocenters. The van der Waals surface area contributed by atoms with Gasteiger partial charge in [-0.05, 0) is 42.0 Å². The lowest BCUT2D eigenvalue weighted by molar-refractivity contribution is 0.102. The van der Waals surface area contributed by atoms with Gasteiger partial charge in [-0.3, -0.25) is 14.6 Å². The van der Waals surface area contributed by atoms with E-state index >= 15 is 0 Å². The number of carbonyl (C=O) groups is 1. The zero-order chi connectivity index (χ0) is 17.8. The van der Waals surface area contributed by atoms with Crippen molar-refractivity contribution in [3.63, 3.8) is 0 Å². The van der Waals surface area contributed by atoms with Crippen molar-refractivity contribution in [3.8, 4) is 0 Å². The van der Waals surface area contributed by atoms with Crippen LogP contribution in [0.25, 0.3) is 0 Å². The molecule has 0 atom stereocenters. The van der Waals surface area contributed by atoms with E-state index in [1.54, 1.807) is 48.8 Å². The summed E-state index contributed by atoms with van der Waals surface area (Å²) in [5, 5.41) is 3.51. The highest BCUT2D eigenvalue weighted by Gasteiger charge is 2.13. The van der Waals surface area contributed by atoms with Crippen molar-refractivity contribution < 1.29 is 4.79 Å². The first-order valence-corrected chi connectivity index (χ1v) is 8.15. The number of nitrogens with one attached hydrogen (secondary N) is 1. The number of carbonyl (C=O) groups excluding carboxylic acids is 1. The Morgan fingerprint density at radius 3 is 2.68 bits per heavy atom. The summed E-state index contributed by atoms with van der Waals surface area (Å²) in [4.78, 5) is 28.9. The Bertz CT molecular complexity index is 972. The largest absolute Gasteiger partial charge is 0.320 e. The van der Waals surface area contributed by atoms with Crippen LogP contribution in [0.1, 0.15) is 15.9 Å². The van der Waals surface area contributed by atoms with E-state index in [1.807, 2.05) is 0 Å². The second-order valence-electron chi connectivity index (χ2n) is 5.30. The molecule has 1 N–H and O–H groups in total. The number of anilines is 1. The second kappa shape index (κ2) is 7.51. The van der Waals surface area contributed by atoms with Gasteiger partial charge in [-0.1, -0.05) is 29.3 Å². The molecule has 25 heavy (non-hydrogen) atoms. The average molecular weight is 374 g/mol. The molecular weight excluding hydrogens is 361 g/mol. The van der Waals surface area contributed by atoms with Crippen LogP contribution in [0, 0.1) is 0 Å². The molecule has 7 heteroatoms. The molecule has 3 aromatic rings. The van der Waals surface area contributed by atoms with Crippen molar-refractivity contribution >= 4 is 34.8 Å². The molecule has 0 saturated heterocycles. The number of hydrogen-bond donors (Lipinski definition) is 1. The second-order valence-corrected chi connectivity index (χ2v) is 6.11. The van der Waals surface area contributed by atoms with E-state index < -0.39 is 11.5 Å². The van der Waals surface area contributed by atoms with E-state index in [2.05, 4.69) is 10.3 Å². The molecule has 2 aromatic heterocycles. The van der Waals surface area contributed by atoms with Crippen LogP contribution in [-0.2, 0) is 6.54 Å². The third-order valence-electron chi connectivity index (χ3n) is 3.52. The predicted molar refractivity (Wildman–Crippen MR) is 98.5 cm³/mol. The molecule has 0 bridgehead atoms. The van der Waals surface area contributed by atoms with Crippen LogP contribution in [0.4, 0.5) is 5.69 Å². The summed E-state index contributed by atoms with van der Waals surface area (Å²) in [7, 11) is 0. The first-order valence-electron chi connectivity index (χ1n) is 7.39. The summed E-state index contributed by atoms with van der Waals surface area (Å²) in [5.74, 6) is -0.485. The monoisotopic (exact) mass is 373 g/mol. The summed E-state index contributed by atoms with van der Waals surface area (Å²) in [6.45, 7) is 0.281. The molecule has 0 radical (unpaired) electrons. The molecule has 1 aromatic carbocycles. The minimum absolute atomic E-state index is 0.0476. The Hall–Kier alpha value is -2.63. The average Bonchev–Trinajstić information content (AvgIpc) is 2.61. The quantitative estimate of drug-likeness (QED) is 0.755. The van der Waals surface area contributed by atoms with Gasteiger partial charge in [-0.25, -0.2) is 0 Å². The van der Waals surface area contributed by atoms with Crippen LogP contribution in [0.3, 0.4) is 0 Å². The topological polar surface area (TPSA) is 64.0 Å². The predicted octanol–water partition coefficient (Wildman–Crippen LogP) is 3.85. The maximum atomic E-state index is 12.6. The summed E-state index contributed by atoms with van der Waals surface area (Å²) in [6.07, 6.45) is 4.73. The van der Waals surface area contributed by atoms with E-state index in [1.165, 1.54) is 16.8 Å². The zero-order valence-electron chi connectivity index (χ0n) is 12.9. The Morgan fingerprint density at radius 1 is 1.12 bits per heavy atom. The maximum Gasteiger partial charge on any atom is 0.263 e. The number of hydrogen-bond acceptors (Lipinski definition) is 3. The van der Waals surface area contributed by atoms with Gasteiger partial charge in [0.15, 0.2) is 0 Å². The van der Waals surface area contributed by atoms with Crippen LogP contribution in [0.15, 0.2) is 65.8 Å². The number of pyridine rings is 2. The normalized spacial score (nSPS) is 10.5. The Morgan fingerprint density at radius 2 is 1.96 bits per heavy atom. The van der Waals surface area contributed by atoms with Crippen LogP contribution in [0.5, 0.6) is 0 Å². The number of rotatable bonds is 4. The molecule has 0 aliphatic heterocycles. The number of amides is 1. The third-order valence-corrected chi connectivity index (χ3v) is 4.26. The fraction of sp³-hybridized carbons (Fsp3) is 0.0556. The number of benzene rings is 1. The minimum Gasteiger partial charge on any atom is -0.320 e. The van der Waals surface area contributed by atoms with Crippen LogP contribution in [0.2, 0.25) is 10.0 Å². The molecule has 5 nitrogen and oxygen atoms in total. The zero-order valence-corrected chi connectivity index (χ0v) is 14.5. The van der Waals surface area contributed by atoms with Crippen LogP contribution >= 0.6 is 23.2 Å². The summed E-state index contributed by atoms with van der Waals surface area (Å²) >= 11 is 11.9. The first kappa shape index (κ1) is 17.2. The van der Waals surface area contributed by atoms with Gasteiger partial charge in [0, 0.05) is 12.4 Å². The van der Waals surface area contributed by atoms with Gasteiger partial charge in [0.05, 0.1) is 28.5 Å². The molecule has 0 aliphatic carbocycles. The van der Waals surface area contributed by atoms with Gasteiger partial charge < -0.3 is 9.88 Å². The molecule has 0 aliphatic rings. The lowest BCUT2D eigenvalue weighted by Crippen LogP contribution is -2.29. The van der Waals surface area contributed by atoms with E-state index in [9.17, 15) is 9.59 Å². The van der Waals surface area contributed by atoms with Crippen molar-refractivity contribution in [3.05, 3.63) is 92.6 Å². The lowest BCUT2D eigenvalue weighted by atomic mass is 10.2. The summed E-state index contributed by atoms with van der Waals surface area (Å²) in [5.41, 5.74) is 0.981. The van der Waals surface area contributed by atoms with Gasteiger partial charge in [-0.2, -0.15) is 0 Å². The first-order chi connectivity index (χ1) is 12.0. The molecule has 3 rings (SSSR count). The van der Waals surface area contributed by atoms with Crippen LogP contribution in [-0.4, -0.2) is 15.5 Å². The Kier molecular flexibility index (Phi) is 5.16. The number of halogens is 2. The molecule has 1 amide bonds. The van der Waals surface area contributed by atoms with E-state index in [4.69, 9.17) is 23.2 Å². The Balaban J connectivity index is 1.85. The summed E-state index contributed by atoms with van der Waals surface area (Å²) < 4.78 is 1.44. The SMILES string of the molecule is O=C(Nc1cccnc1)c1cccn(Cc2ccc(Cl)c(Cl)c2)c1=O. The van der Waals surface area contributed by atoms with Crippen molar-refractivity contribution in [1.82, 2.24) is 9.55 Å². The smallest absolute Gasteiger partial charge is 0.263 e. The number of nitrogens with zero attached hydrogens (tertiary/aromatic N) is 2. The van der Waals surface area contributed by atoms with E-state index in [0.717, 1.165) is 5.56 Å². The summed E-state index contributed by atoms with van der Waals surface area (Å²) in [6, 6.07) is 11.7. The molecule has 0 spiro atoms. The molecule has 0 fully saturated rings. The fourth-order valence-corrected chi connectivity index (χ4v) is 2.62. The van der Waals surface area contributed by atoms with E-state index in [-0.39, 0.29) is 12.1 Å². The standard InChI is InChI=1S/C18H13Cl2N3O2/c19-15-6-5-12(9-16(15)20)11-23-8-2-4-14(18(23)25)17(24)22-13-3-1-7-21-10-13/h1-10H,11H2,(H,22,24). The van der Waals surface area contributed by atoms with Crippen LogP contribution < -0.4 is 10.9 Å². The highest BCUT2D eigenvalue weighted by molar-refractivity contribution is 6.42. The molecule has 2 heterocycles. The lowest BCUT2D eigenvalue weighted by Gasteiger charge is -2.09. The van der Waals surface area contributed by atoms with Crippen molar-refractivity contribution in [2.45, 2.75) is 6.54 Å². The maximum absolute atomic E-state index is 12.6. The van der Waals surface area contributed by atoms with Gasteiger partial charge in [-0.15, -0.1) is 0 Å². The highest BCUT2D eigenvalue weighted by atomic mass is 35.5. The minimum atomic E-state index is -0.485. The number of aromatic nitrogens is 2. The van der Waals surface area contributed by atoms with E-state index in [0.29, 0.717) is 15.7 Å². The molecule has 0 saturated carbocycles. The molecular formula is C18H13Cl2N3O2. The van der Waals surface area contributed by atoms with Gasteiger partial charge in [0.1, 0.15) is 5.56 Å². The highest BCUT2D eigenvalue weighted by Crippen LogP contribution is 2.22. The third kappa shape index (κ3) is 4.07. The molecule has 126 valence electrons.